The van der Waals surface area contributed by atoms with E-state index in [-0.39, 0.29) is 17.6 Å². The average molecular weight is 560 g/mol. The van der Waals surface area contributed by atoms with Gasteiger partial charge in [-0.2, -0.15) is 0 Å². The summed E-state index contributed by atoms with van der Waals surface area (Å²) >= 11 is 0. The number of hydrogen-bond acceptors (Lipinski definition) is 5. The van der Waals surface area contributed by atoms with Gasteiger partial charge in [0.2, 0.25) is 0 Å². The van der Waals surface area contributed by atoms with E-state index in [2.05, 4.69) is 50.2 Å². The van der Waals surface area contributed by atoms with Crippen LogP contribution in [0.1, 0.15) is 49.3 Å². The molecule has 1 amide bonds. The topological polar surface area (TPSA) is 102 Å². The second-order valence-electron chi connectivity index (χ2n) is 12.2. The molecule has 1 saturated heterocycles. The zero-order valence-corrected chi connectivity index (χ0v) is 24.9. The molecule has 0 unspecified atom stereocenters. The van der Waals surface area contributed by atoms with Gasteiger partial charge in [0.05, 0.1) is 18.2 Å². The number of carbonyl (C=O) groups excluding carboxylic acids is 1. The summed E-state index contributed by atoms with van der Waals surface area (Å²) in [7, 11) is -2.12. The van der Waals surface area contributed by atoms with Gasteiger partial charge in [0.25, 0.3) is 11.5 Å². The Kier molecular flexibility index (Phi) is 7.33. The fraction of sp³-hybridized carbons (Fsp3) is 0.387. The fourth-order valence-electron chi connectivity index (χ4n) is 5.01. The van der Waals surface area contributed by atoms with Crippen molar-refractivity contribution in [3.05, 3.63) is 92.8 Å². The molecule has 1 aliphatic rings. The fourth-order valence-corrected chi connectivity index (χ4v) is 6.03. The van der Waals surface area contributed by atoms with Crippen LogP contribution in [0.4, 0.5) is 0 Å². The Morgan fingerprint density at radius 1 is 1.07 bits per heavy atom. The molecule has 8 nitrogen and oxygen atoms in total. The molecule has 4 aromatic rings. The molecule has 9 heteroatoms. The van der Waals surface area contributed by atoms with Crippen molar-refractivity contribution in [2.24, 2.45) is 0 Å². The molecule has 40 heavy (non-hydrogen) atoms. The van der Waals surface area contributed by atoms with E-state index in [1.165, 1.54) is 10.8 Å². The maximum Gasteiger partial charge on any atom is 0.330 e. The number of aromatic nitrogens is 2. The van der Waals surface area contributed by atoms with Crippen LogP contribution in [0.2, 0.25) is 18.1 Å². The Bertz CT molecular complexity index is 1650. The van der Waals surface area contributed by atoms with Gasteiger partial charge in [-0.3, -0.25) is 19.1 Å². The average Bonchev–Trinajstić information content (AvgIpc) is 3.29. The summed E-state index contributed by atoms with van der Waals surface area (Å²) in [6, 6.07) is 17.4. The van der Waals surface area contributed by atoms with Gasteiger partial charge in [0, 0.05) is 18.2 Å². The summed E-state index contributed by atoms with van der Waals surface area (Å²) in [6.45, 7) is 12.8. The lowest BCUT2D eigenvalue weighted by molar-refractivity contribution is -0.0263. The van der Waals surface area contributed by atoms with Crippen molar-refractivity contribution >= 4 is 35.8 Å². The molecule has 210 valence electrons. The number of ether oxygens (including phenoxy) is 1. The third-order valence-electron chi connectivity index (χ3n) is 8.42. The van der Waals surface area contributed by atoms with Gasteiger partial charge in [-0.1, -0.05) is 69.3 Å². The molecule has 0 radical (unpaired) electrons. The number of H-pyrrole nitrogens is 1. The van der Waals surface area contributed by atoms with Crippen LogP contribution in [0.3, 0.4) is 0 Å². The van der Waals surface area contributed by atoms with Crippen LogP contribution in [0.15, 0.2) is 70.4 Å². The first-order chi connectivity index (χ1) is 18.9. The first kappa shape index (κ1) is 28.0. The minimum Gasteiger partial charge on any atom is -0.414 e. The van der Waals surface area contributed by atoms with E-state index >= 15 is 0 Å². The predicted molar refractivity (Wildman–Crippen MR) is 160 cm³/mol. The van der Waals surface area contributed by atoms with Crippen molar-refractivity contribution in [1.82, 2.24) is 14.9 Å². The zero-order valence-electron chi connectivity index (χ0n) is 23.9. The van der Waals surface area contributed by atoms with Crippen LogP contribution in [-0.2, 0) is 9.16 Å². The summed E-state index contributed by atoms with van der Waals surface area (Å²) in [6.07, 6.45) is 0.722. The highest BCUT2D eigenvalue weighted by atomic mass is 28.4. The highest BCUT2D eigenvalue weighted by Gasteiger charge is 2.42. The van der Waals surface area contributed by atoms with Crippen LogP contribution in [0.25, 0.3) is 21.5 Å². The Morgan fingerprint density at radius 3 is 2.27 bits per heavy atom. The standard InChI is InChI=1S/C31H37N3O5Si/c1-19-17-34(30(37)33-28(19)35)26-16-24(25(39-26)18-38-40(5,6)31(2,3)4)32-29(36)27-22-13-9-7-11-20(22)15-21-12-8-10-14-23(21)27/h7-15,17,24-26H,16,18H2,1-6H3,(H,32,36)(H,33,35,37)/t24-,25+,26+/m0/s1. The molecule has 3 atom stereocenters. The molecule has 0 spiro atoms. The Balaban J connectivity index is 1.50. The summed E-state index contributed by atoms with van der Waals surface area (Å²) in [4.78, 5) is 41.1. The number of carbonyl (C=O) groups is 1. The van der Waals surface area contributed by atoms with Crippen LogP contribution in [0, 0.1) is 6.92 Å². The lowest BCUT2D eigenvalue weighted by Crippen LogP contribution is -2.47. The monoisotopic (exact) mass is 559 g/mol. The highest BCUT2D eigenvalue weighted by Crippen LogP contribution is 2.38. The second kappa shape index (κ2) is 10.5. The van der Waals surface area contributed by atoms with Gasteiger partial charge < -0.3 is 14.5 Å². The van der Waals surface area contributed by atoms with Crippen LogP contribution in [0.5, 0.6) is 0 Å². The molecule has 2 heterocycles. The Labute approximate surface area is 234 Å². The zero-order chi connectivity index (χ0) is 28.8. The van der Waals surface area contributed by atoms with Gasteiger partial charge in [0.15, 0.2) is 8.32 Å². The molecular weight excluding hydrogens is 522 g/mol. The molecule has 3 aromatic carbocycles. The molecular formula is C31H37N3O5Si. The summed E-state index contributed by atoms with van der Waals surface area (Å²) in [5, 5.41) is 6.95. The third kappa shape index (κ3) is 5.28. The third-order valence-corrected chi connectivity index (χ3v) is 12.9. The lowest BCUT2D eigenvalue weighted by Gasteiger charge is -2.37. The minimum absolute atomic E-state index is 0.00140. The van der Waals surface area contributed by atoms with E-state index < -0.39 is 37.9 Å². The van der Waals surface area contributed by atoms with E-state index in [0.717, 1.165) is 21.5 Å². The number of aryl methyl sites for hydroxylation is 1. The smallest absolute Gasteiger partial charge is 0.330 e. The second-order valence-corrected chi connectivity index (χ2v) is 17.0. The highest BCUT2D eigenvalue weighted by molar-refractivity contribution is 6.74. The van der Waals surface area contributed by atoms with Crippen LogP contribution >= 0.6 is 0 Å². The van der Waals surface area contributed by atoms with Crippen molar-refractivity contribution in [1.29, 1.82) is 0 Å². The minimum atomic E-state index is -2.12. The molecule has 2 N–H and O–H groups in total. The summed E-state index contributed by atoms with van der Waals surface area (Å²) in [5.74, 6) is -0.204. The van der Waals surface area contributed by atoms with Gasteiger partial charge in [0.1, 0.15) is 12.3 Å². The van der Waals surface area contributed by atoms with Crippen molar-refractivity contribution in [3.63, 3.8) is 0 Å². The Morgan fingerprint density at radius 2 is 1.68 bits per heavy atom. The number of fused-ring (bicyclic) bond motifs is 2. The number of benzene rings is 3. The molecule has 0 aliphatic carbocycles. The van der Waals surface area contributed by atoms with E-state index in [9.17, 15) is 14.4 Å². The number of amides is 1. The molecule has 1 aliphatic heterocycles. The molecule has 1 aromatic heterocycles. The molecule has 0 saturated carbocycles. The van der Waals surface area contributed by atoms with Gasteiger partial charge >= 0.3 is 5.69 Å². The van der Waals surface area contributed by atoms with Crippen molar-refractivity contribution < 1.29 is 14.0 Å². The first-order valence-corrected chi connectivity index (χ1v) is 16.6. The maximum atomic E-state index is 14.0. The number of nitrogens with zero attached hydrogens (tertiary/aromatic N) is 1. The van der Waals surface area contributed by atoms with Gasteiger partial charge in [-0.05, 0) is 52.7 Å². The number of aromatic amines is 1. The van der Waals surface area contributed by atoms with Crippen molar-refractivity contribution in [2.45, 2.75) is 70.6 Å². The van der Waals surface area contributed by atoms with E-state index in [1.54, 1.807) is 6.92 Å². The lowest BCUT2D eigenvalue weighted by atomic mass is 9.96. The number of hydrogen-bond donors (Lipinski definition) is 2. The quantitative estimate of drug-likeness (QED) is 0.248. The van der Waals surface area contributed by atoms with Gasteiger partial charge in [-0.15, -0.1) is 0 Å². The van der Waals surface area contributed by atoms with Crippen molar-refractivity contribution in [2.75, 3.05) is 6.61 Å². The van der Waals surface area contributed by atoms with E-state index in [0.29, 0.717) is 17.5 Å². The van der Waals surface area contributed by atoms with Crippen molar-refractivity contribution in [3.8, 4) is 0 Å². The Hall–Kier alpha value is -3.53. The molecule has 5 rings (SSSR count). The normalized spacial score (nSPS) is 19.8. The molecule has 0 bridgehead atoms. The number of nitrogens with one attached hydrogen (secondary N) is 2. The predicted octanol–water partition coefficient (Wildman–Crippen LogP) is 5.26. The summed E-state index contributed by atoms with van der Waals surface area (Å²) < 4.78 is 14.3. The maximum absolute atomic E-state index is 14.0. The van der Waals surface area contributed by atoms with E-state index in [4.69, 9.17) is 9.16 Å². The SMILES string of the molecule is Cc1cn([C@H]2C[C@H](NC(=O)c3c4ccccc4cc4ccccc34)[C@@H](CO[Si](C)(C)C(C)(C)C)O2)c(=O)[nH]c1=O. The summed E-state index contributed by atoms with van der Waals surface area (Å²) in [5.41, 5.74) is 0.0479. The first-order valence-electron chi connectivity index (χ1n) is 13.7. The van der Waals surface area contributed by atoms with Crippen LogP contribution < -0.4 is 16.6 Å². The van der Waals surface area contributed by atoms with Gasteiger partial charge in [-0.25, -0.2) is 4.79 Å². The van der Waals surface area contributed by atoms with E-state index in [1.807, 2.05) is 48.5 Å². The van der Waals surface area contributed by atoms with Crippen LogP contribution in [-0.4, -0.2) is 42.5 Å². The number of rotatable bonds is 6. The molecule has 1 fully saturated rings. The largest absolute Gasteiger partial charge is 0.414 e.